The second-order valence-corrected chi connectivity index (χ2v) is 5.27. The summed E-state index contributed by atoms with van der Waals surface area (Å²) in [6.45, 7) is 2.21. The van der Waals surface area contributed by atoms with E-state index in [4.69, 9.17) is 11.0 Å². The number of carbonyl (C=O) groups excluding carboxylic acids is 1. The molecule has 1 fully saturated rings. The Hall–Kier alpha value is -1.97. The number of nitriles is 1. The molecule has 1 saturated heterocycles. The van der Waals surface area contributed by atoms with Crippen LogP contribution in [-0.4, -0.2) is 36.5 Å². The van der Waals surface area contributed by atoms with Gasteiger partial charge in [-0.1, -0.05) is 6.07 Å². The van der Waals surface area contributed by atoms with Crippen LogP contribution in [0.2, 0.25) is 0 Å². The van der Waals surface area contributed by atoms with Crippen LogP contribution >= 0.6 is 0 Å². The van der Waals surface area contributed by atoms with Crippen molar-refractivity contribution in [2.75, 3.05) is 19.6 Å². The zero-order valence-electron chi connectivity index (χ0n) is 11.8. The molecule has 3 N–H and O–H groups in total. The van der Waals surface area contributed by atoms with Crippen molar-refractivity contribution in [2.24, 2.45) is 5.73 Å². The van der Waals surface area contributed by atoms with Crippen molar-refractivity contribution in [1.29, 1.82) is 5.26 Å². The summed E-state index contributed by atoms with van der Waals surface area (Å²) in [4.78, 5) is 13.2. The van der Waals surface area contributed by atoms with Gasteiger partial charge in [-0.2, -0.15) is 5.26 Å². The van der Waals surface area contributed by atoms with Crippen LogP contribution < -0.4 is 11.1 Å². The van der Waals surface area contributed by atoms with Gasteiger partial charge in [-0.05, 0) is 38.1 Å². The van der Waals surface area contributed by atoms with E-state index in [1.807, 2.05) is 11.0 Å². The van der Waals surface area contributed by atoms with Gasteiger partial charge in [-0.25, -0.2) is 4.39 Å². The molecule has 1 heterocycles. The molecule has 0 aliphatic carbocycles. The second kappa shape index (κ2) is 7.16. The highest BCUT2D eigenvalue weighted by molar-refractivity contribution is 5.76. The number of primary amides is 1. The number of halogens is 1. The maximum Gasteiger partial charge on any atom is 0.231 e. The Balaban J connectivity index is 2.14. The van der Waals surface area contributed by atoms with E-state index < -0.39 is 11.7 Å². The van der Waals surface area contributed by atoms with E-state index in [1.54, 1.807) is 12.1 Å². The average Bonchev–Trinajstić information content (AvgIpc) is 2.49. The number of rotatable bonds is 5. The van der Waals surface area contributed by atoms with Gasteiger partial charge in [0, 0.05) is 18.2 Å². The van der Waals surface area contributed by atoms with Crippen LogP contribution in [0.5, 0.6) is 0 Å². The maximum atomic E-state index is 14.0. The highest BCUT2D eigenvalue weighted by atomic mass is 19.1. The number of nitrogens with two attached hydrogens (primary N) is 1. The van der Waals surface area contributed by atoms with Gasteiger partial charge in [0.25, 0.3) is 0 Å². The minimum atomic E-state index is -0.419. The molecule has 1 aromatic carbocycles. The first kappa shape index (κ1) is 15.4. The zero-order valence-corrected chi connectivity index (χ0v) is 11.8. The number of nitrogens with one attached hydrogen (secondary N) is 1. The first-order valence-corrected chi connectivity index (χ1v) is 7.01. The molecule has 0 radical (unpaired) electrons. The summed E-state index contributed by atoms with van der Waals surface area (Å²) in [5.41, 5.74) is 6.08. The third-order valence-electron chi connectivity index (χ3n) is 3.74. The maximum absolute atomic E-state index is 14.0. The summed E-state index contributed by atoms with van der Waals surface area (Å²) in [5, 5.41) is 12.0. The summed E-state index contributed by atoms with van der Waals surface area (Å²) in [6, 6.07) is 6.53. The SMILES string of the molecule is N#Cc1ccc(CN(CC(N)=O)C2CCNCC2)c(F)c1. The predicted octanol–water partition coefficient (Wildman–Crippen LogP) is 0.737. The fraction of sp³-hybridized carbons (Fsp3) is 0.467. The number of amides is 1. The Morgan fingerprint density at radius 1 is 1.48 bits per heavy atom. The fourth-order valence-electron chi connectivity index (χ4n) is 2.65. The van der Waals surface area contributed by atoms with E-state index in [0.717, 1.165) is 25.9 Å². The third kappa shape index (κ3) is 4.25. The van der Waals surface area contributed by atoms with Crippen LogP contribution in [0, 0.1) is 17.1 Å². The van der Waals surface area contributed by atoms with E-state index >= 15 is 0 Å². The van der Waals surface area contributed by atoms with Crippen LogP contribution in [0.25, 0.3) is 0 Å². The standard InChI is InChI=1S/C15H19FN4O/c16-14-7-11(8-17)1-2-12(14)9-20(10-15(18)21)13-3-5-19-6-4-13/h1-2,7,13,19H,3-6,9-10H2,(H2,18,21). The second-order valence-electron chi connectivity index (χ2n) is 5.27. The molecule has 1 aliphatic rings. The lowest BCUT2D eigenvalue weighted by Crippen LogP contribution is -2.46. The molecular formula is C15H19FN4O. The highest BCUT2D eigenvalue weighted by Gasteiger charge is 2.23. The number of nitrogens with zero attached hydrogens (tertiary/aromatic N) is 2. The van der Waals surface area contributed by atoms with Crippen molar-refractivity contribution in [1.82, 2.24) is 10.2 Å². The molecule has 21 heavy (non-hydrogen) atoms. The monoisotopic (exact) mass is 290 g/mol. The molecule has 0 spiro atoms. The number of piperidine rings is 1. The summed E-state index contributed by atoms with van der Waals surface area (Å²) in [5.74, 6) is -0.833. The van der Waals surface area contributed by atoms with Crippen molar-refractivity contribution in [2.45, 2.75) is 25.4 Å². The molecule has 0 bridgehead atoms. The van der Waals surface area contributed by atoms with Crippen molar-refractivity contribution in [3.05, 3.63) is 35.1 Å². The Labute approximate surface area is 123 Å². The molecule has 0 saturated carbocycles. The van der Waals surface area contributed by atoms with Gasteiger partial charge in [0.1, 0.15) is 5.82 Å². The molecular weight excluding hydrogens is 271 g/mol. The molecule has 0 aromatic heterocycles. The lowest BCUT2D eigenvalue weighted by atomic mass is 10.0. The molecule has 1 aromatic rings. The van der Waals surface area contributed by atoms with Crippen molar-refractivity contribution < 1.29 is 9.18 Å². The number of hydrogen-bond donors (Lipinski definition) is 2. The minimum absolute atomic E-state index is 0.115. The Morgan fingerprint density at radius 2 is 2.19 bits per heavy atom. The van der Waals surface area contributed by atoms with Crippen molar-refractivity contribution >= 4 is 5.91 Å². The van der Waals surface area contributed by atoms with E-state index in [1.165, 1.54) is 6.07 Å². The smallest absolute Gasteiger partial charge is 0.231 e. The number of carbonyl (C=O) groups is 1. The molecule has 5 nitrogen and oxygen atoms in total. The first-order valence-electron chi connectivity index (χ1n) is 7.01. The molecule has 112 valence electrons. The molecule has 2 rings (SSSR count). The van der Waals surface area contributed by atoms with Gasteiger partial charge < -0.3 is 11.1 Å². The summed E-state index contributed by atoms with van der Waals surface area (Å²) < 4.78 is 14.0. The van der Waals surface area contributed by atoms with E-state index in [0.29, 0.717) is 17.7 Å². The molecule has 0 atom stereocenters. The topological polar surface area (TPSA) is 82.2 Å². The van der Waals surface area contributed by atoms with E-state index in [9.17, 15) is 9.18 Å². The van der Waals surface area contributed by atoms with Crippen LogP contribution in [0.3, 0.4) is 0 Å². The first-order chi connectivity index (χ1) is 10.1. The summed E-state index contributed by atoms with van der Waals surface area (Å²) in [6.07, 6.45) is 1.82. The molecule has 6 heteroatoms. The fourth-order valence-corrected chi connectivity index (χ4v) is 2.65. The van der Waals surface area contributed by atoms with Crippen LogP contribution in [-0.2, 0) is 11.3 Å². The van der Waals surface area contributed by atoms with Gasteiger partial charge in [0.15, 0.2) is 0 Å². The quantitative estimate of drug-likeness (QED) is 0.838. The van der Waals surface area contributed by atoms with Crippen molar-refractivity contribution in [3.63, 3.8) is 0 Å². The van der Waals surface area contributed by atoms with E-state index in [2.05, 4.69) is 5.32 Å². The minimum Gasteiger partial charge on any atom is -0.369 e. The normalized spacial score (nSPS) is 15.9. The Kier molecular flexibility index (Phi) is 5.26. The van der Waals surface area contributed by atoms with E-state index in [-0.39, 0.29) is 12.6 Å². The summed E-state index contributed by atoms with van der Waals surface area (Å²) in [7, 11) is 0. The predicted molar refractivity (Wildman–Crippen MR) is 76.6 cm³/mol. The molecule has 1 amide bonds. The third-order valence-corrected chi connectivity index (χ3v) is 3.74. The van der Waals surface area contributed by atoms with Gasteiger partial charge in [-0.15, -0.1) is 0 Å². The van der Waals surface area contributed by atoms with Crippen LogP contribution in [0.15, 0.2) is 18.2 Å². The van der Waals surface area contributed by atoms with Crippen LogP contribution in [0.4, 0.5) is 4.39 Å². The lowest BCUT2D eigenvalue weighted by molar-refractivity contribution is -0.120. The van der Waals surface area contributed by atoms with Gasteiger partial charge in [0.2, 0.25) is 5.91 Å². The molecule has 1 aliphatic heterocycles. The summed E-state index contributed by atoms with van der Waals surface area (Å²) >= 11 is 0. The Bertz CT molecular complexity index is 549. The molecule has 0 unspecified atom stereocenters. The van der Waals surface area contributed by atoms with Gasteiger partial charge in [0.05, 0.1) is 18.2 Å². The van der Waals surface area contributed by atoms with Gasteiger partial charge in [-0.3, -0.25) is 9.69 Å². The average molecular weight is 290 g/mol. The number of benzene rings is 1. The lowest BCUT2D eigenvalue weighted by Gasteiger charge is -2.33. The zero-order chi connectivity index (χ0) is 15.2. The van der Waals surface area contributed by atoms with Gasteiger partial charge >= 0.3 is 0 Å². The largest absolute Gasteiger partial charge is 0.369 e. The van der Waals surface area contributed by atoms with Crippen molar-refractivity contribution in [3.8, 4) is 6.07 Å². The van der Waals surface area contributed by atoms with Crippen LogP contribution in [0.1, 0.15) is 24.0 Å². The highest BCUT2D eigenvalue weighted by Crippen LogP contribution is 2.18. The Morgan fingerprint density at radius 3 is 2.76 bits per heavy atom. The number of hydrogen-bond acceptors (Lipinski definition) is 4.